The van der Waals surface area contributed by atoms with Crippen LogP contribution >= 0.6 is 0 Å². The van der Waals surface area contributed by atoms with Gasteiger partial charge in [-0.15, -0.1) is 0 Å². The number of unbranched alkanes of at least 4 members (excludes halogenated alkanes) is 1. The minimum absolute atomic E-state index is 0.0218. The molecule has 1 saturated heterocycles. The summed E-state index contributed by atoms with van der Waals surface area (Å²) in [5.74, 6) is -0.592. The first-order chi connectivity index (χ1) is 11.6. The maximum absolute atomic E-state index is 13.8. The van der Waals surface area contributed by atoms with E-state index in [9.17, 15) is 14.0 Å². The Balaban J connectivity index is 1.92. The summed E-state index contributed by atoms with van der Waals surface area (Å²) < 4.78 is 13.8. The van der Waals surface area contributed by atoms with Crippen molar-refractivity contribution >= 4 is 11.8 Å². The Morgan fingerprint density at radius 1 is 1.21 bits per heavy atom. The first-order valence-electron chi connectivity index (χ1n) is 8.91. The quantitative estimate of drug-likeness (QED) is 0.801. The molecule has 0 aliphatic carbocycles. The van der Waals surface area contributed by atoms with Crippen LogP contribution < -0.4 is 0 Å². The zero-order valence-corrected chi connectivity index (χ0v) is 14.6. The van der Waals surface area contributed by atoms with Crippen LogP contribution in [0.15, 0.2) is 24.3 Å². The van der Waals surface area contributed by atoms with Crippen LogP contribution in [-0.4, -0.2) is 47.8 Å². The molecule has 0 saturated carbocycles. The molecule has 2 rings (SSSR count). The zero-order chi connectivity index (χ0) is 17.5. The van der Waals surface area contributed by atoms with Crippen LogP contribution in [-0.2, 0) is 4.79 Å². The first kappa shape index (κ1) is 18.4. The van der Waals surface area contributed by atoms with E-state index in [0.29, 0.717) is 25.9 Å². The second kappa shape index (κ2) is 8.81. The third kappa shape index (κ3) is 4.34. The number of amides is 2. The Kier molecular flexibility index (Phi) is 6.76. The molecule has 0 aromatic heterocycles. The Hall–Kier alpha value is -1.91. The van der Waals surface area contributed by atoms with Crippen LogP contribution in [0.3, 0.4) is 0 Å². The fourth-order valence-electron chi connectivity index (χ4n) is 3.17. The van der Waals surface area contributed by atoms with E-state index in [2.05, 4.69) is 6.92 Å². The van der Waals surface area contributed by atoms with E-state index in [-0.39, 0.29) is 23.3 Å². The highest BCUT2D eigenvalue weighted by Crippen LogP contribution is 2.22. The van der Waals surface area contributed by atoms with Crippen molar-refractivity contribution in [2.75, 3.05) is 26.2 Å². The molecule has 1 heterocycles. The van der Waals surface area contributed by atoms with Gasteiger partial charge in [0.15, 0.2) is 0 Å². The smallest absolute Gasteiger partial charge is 0.256 e. The number of benzene rings is 1. The molecule has 0 N–H and O–H groups in total. The fourth-order valence-corrected chi connectivity index (χ4v) is 3.17. The molecule has 1 aromatic rings. The summed E-state index contributed by atoms with van der Waals surface area (Å²) in [5, 5.41) is 0. The molecule has 1 aliphatic heterocycles. The number of halogens is 1. The molecule has 5 heteroatoms. The van der Waals surface area contributed by atoms with E-state index < -0.39 is 5.82 Å². The van der Waals surface area contributed by atoms with Gasteiger partial charge in [-0.25, -0.2) is 4.39 Å². The lowest BCUT2D eigenvalue weighted by Gasteiger charge is -2.34. The van der Waals surface area contributed by atoms with Crippen LogP contribution in [0.1, 0.15) is 49.9 Å². The summed E-state index contributed by atoms with van der Waals surface area (Å²) in [6, 6.07) is 6.06. The minimum atomic E-state index is -0.488. The third-order valence-electron chi connectivity index (χ3n) is 4.71. The van der Waals surface area contributed by atoms with Crippen LogP contribution in [0.25, 0.3) is 0 Å². The summed E-state index contributed by atoms with van der Waals surface area (Å²) in [7, 11) is 0. The van der Waals surface area contributed by atoms with Gasteiger partial charge in [0, 0.05) is 32.1 Å². The molecule has 2 amide bonds. The highest BCUT2D eigenvalue weighted by molar-refractivity contribution is 5.94. The molecule has 0 bridgehead atoms. The van der Waals surface area contributed by atoms with E-state index in [0.717, 1.165) is 25.9 Å². The maximum atomic E-state index is 13.8. The Bertz CT molecular complexity index is 568. The number of hydrogen-bond acceptors (Lipinski definition) is 2. The van der Waals surface area contributed by atoms with Crippen molar-refractivity contribution in [1.29, 1.82) is 0 Å². The van der Waals surface area contributed by atoms with Crippen molar-refractivity contribution in [2.24, 2.45) is 5.92 Å². The normalized spacial score (nSPS) is 15.4. The highest BCUT2D eigenvalue weighted by atomic mass is 19.1. The molecule has 1 fully saturated rings. The molecular weight excluding hydrogens is 307 g/mol. The van der Waals surface area contributed by atoms with Gasteiger partial charge in [-0.05, 0) is 38.3 Å². The van der Waals surface area contributed by atoms with E-state index in [1.54, 1.807) is 17.0 Å². The fraction of sp³-hybridized carbons (Fsp3) is 0.579. The number of rotatable bonds is 6. The lowest BCUT2D eigenvalue weighted by atomic mass is 9.94. The Morgan fingerprint density at radius 2 is 1.88 bits per heavy atom. The Labute approximate surface area is 143 Å². The number of carbonyl (C=O) groups excluding carboxylic acids is 2. The molecule has 4 nitrogen and oxygen atoms in total. The number of piperidine rings is 1. The number of hydrogen-bond donors (Lipinski definition) is 0. The third-order valence-corrected chi connectivity index (χ3v) is 4.71. The Morgan fingerprint density at radius 3 is 2.46 bits per heavy atom. The predicted octanol–water partition coefficient (Wildman–Crippen LogP) is 3.33. The number of nitrogens with zero attached hydrogens (tertiary/aromatic N) is 2. The van der Waals surface area contributed by atoms with Crippen molar-refractivity contribution in [3.63, 3.8) is 0 Å². The van der Waals surface area contributed by atoms with Gasteiger partial charge < -0.3 is 9.80 Å². The monoisotopic (exact) mass is 334 g/mol. The lowest BCUT2D eigenvalue weighted by molar-refractivity contribution is -0.136. The predicted molar refractivity (Wildman–Crippen MR) is 92.2 cm³/mol. The van der Waals surface area contributed by atoms with E-state index in [4.69, 9.17) is 0 Å². The first-order valence-corrected chi connectivity index (χ1v) is 8.91. The van der Waals surface area contributed by atoms with Gasteiger partial charge in [0.1, 0.15) is 5.82 Å². The maximum Gasteiger partial charge on any atom is 0.256 e. The van der Waals surface area contributed by atoms with E-state index >= 15 is 0 Å². The van der Waals surface area contributed by atoms with Gasteiger partial charge in [-0.2, -0.15) is 0 Å². The molecule has 0 radical (unpaired) electrons. The summed E-state index contributed by atoms with van der Waals surface area (Å²) in [6.45, 7) is 6.67. The van der Waals surface area contributed by atoms with E-state index in [1.165, 1.54) is 12.1 Å². The van der Waals surface area contributed by atoms with Crippen LogP contribution in [0.4, 0.5) is 4.39 Å². The topological polar surface area (TPSA) is 40.6 Å². The van der Waals surface area contributed by atoms with Crippen molar-refractivity contribution in [3.05, 3.63) is 35.6 Å². The molecule has 24 heavy (non-hydrogen) atoms. The minimum Gasteiger partial charge on any atom is -0.343 e. The second-order valence-corrected chi connectivity index (χ2v) is 6.32. The summed E-state index contributed by atoms with van der Waals surface area (Å²) in [5.41, 5.74) is 0.111. The van der Waals surface area contributed by atoms with E-state index in [1.807, 2.05) is 11.8 Å². The molecular formula is C19H27FN2O2. The molecule has 1 aliphatic rings. The largest absolute Gasteiger partial charge is 0.343 e. The summed E-state index contributed by atoms with van der Waals surface area (Å²) in [6.07, 6.45) is 3.40. The van der Waals surface area contributed by atoms with Crippen molar-refractivity contribution < 1.29 is 14.0 Å². The molecule has 1 aromatic carbocycles. The van der Waals surface area contributed by atoms with Crippen molar-refractivity contribution in [2.45, 2.75) is 39.5 Å². The zero-order valence-electron chi connectivity index (χ0n) is 14.6. The average molecular weight is 334 g/mol. The summed E-state index contributed by atoms with van der Waals surface area (Å²) in [4.78, 5) is 28.6. The number of carbonyl (C=O) groups is 2. The highest BCUT2D eigenvalue weighted by Gasteiger charge is 2.30. The van der Waals surface area contributed by atoms with Crippen LogP contribution in [0.5, 0.6) is 0 Å². The van der Waals surface area contributed by atoms with Crippen LogP contribution in [0, 0.1) is 11.7 Å². The van der Waals surface area contributed by atoms with Crippen molar-refractivity contribution in [3.8, 4) is 0 Å². The number of likely N-dealkylation sites (tertiary alicyclic amines) is 1. The van der Waals surface area contributed by atoms with Crippen molar-refractivity contribution in [1.82, 2.24) is 9.80 Å². The molecule has 0 atom stereocenters. The van der Waals surface area contributed by atoms with Gasteiger partial charge in [-0.3, -0.25) is 9.59 Å². The molecule has 0 unspecified atom stereocenters. The van der Waals surface area contributed by atoms with Gasteiger partial charge in [0.25, 0.3) is 5.91 Å². The lowest BCUT2D eigenvalue weighted by Crippen LogP contribution is -2.44. The van der Waals surface area contributed by atoms with Gasteiger partial charge in [0.2, 0.25) is 5.91 Å². The average Bonchev–Trinajstić information content (AvgIpc) is 2.62. The second-order valence-electron chi connectivity index (χ2n) is 6.32. The van der Waals surface area contributed by atoms with Gasteiger partial charge >= 0.3 is 0 Å². The van der Waals surface area contributed by atoms with Gasteiger partial charge in [0.05, 0.1) is 5.56 Å². The SMILES string of the molecule is CCCCN(CC)C(=O)C1CCN(C(=O)c2ccccc2F)CC1. The standard InChI is InChI=1S/C19H27FN2O2/c1-3-5-12-21(4-2)18(23)15-10-13-22(14-11-15)19(24)16-8-6-7-9-17(16)20/h6-9,15H,3-5,10-14H2,1-2H3. The van der Waals surface area contributed by atoms with Gasteiger partial charge in [-0.1, -0.05) is 25.5 Å². The molecule has 132 valence electrons. The molecule has 0 spiro atoms. The van der Waals surface area contributed by atoms with Crippen LogP contribution in [0.2, 0.25) is 0 Å². The summed E-state index contributed by atoms with van der Waals surface area (Å²) >= 11 is 0.